The Kier molecular flexibility index (Phi) is 4.49. The predicted molar refractivity (Wildman–Crippen MR) is 89.3 cm³/mol. The van der Waals surface area contributed by atoms with Crippen LogP contribution in [0, 0.1) is 6.92 Å². The Morgan fingerprint density at radius 1 is 1.15 bits per heavy atom. The van der Waals surface area contributed by atoms with E-state index in [0.717, 1.165) is 12.6 Å². The van der Waals surface area contributed by atoms with Gasteiger partial charge in [0.25, 0.3) is 0 Å². The fourth-order valence-electron chi connectivity index (χ4n) is 2.08. The minimum atomic E-state index is 0.759. The van der Waals surface area contributed by atoms with Crippen molar-refractivity contribution in [2.75, 3.05) is 0 Å². The highest BCUT2D eigenvalue weighted by molar-refractivity contribution is 9.10. The van der Waals surface area contributed by atoms with Crippen molar-refractivity contribution in [1.29, 1.82) is 0 Å². The summed E-state index contributed by atoms with van der Waals surface area (Å²) in [7, 11) is 0. The first kappa shape index (κ1) is 14.2. The second-order valence-electron chi connectivity index (χ2n) is 5.29. The van der Waals surface area contributed by atoms with E-state index in [1.54, 1.807) is 0 Å². The fourth-order valence-corrected chi connectivity index (χ4v) is 3.65. The predicted octanol–water partition coefficient (Wildman–Crippen LogP) is 5.16. The first-order valence-corrected chi connectivity index (χ1v) is 8.58. The van der Waals surface area contributed by atoms with Crippen LogP contribution in [-0.4, -0.2) is 6.04 Å². The summed E-state index contributed by atoms with van der Waals surface area (Å²) in [4.78, 5) is 2.59. The Bertz CT molecular complexity index is 608. The Labute approximate surface area is 133 Å². The average Bonchev–Trinajstić information content (AvgIpc) is 3.26. The van der Waals surface area contributed by atoms with Gasteiger partial charge in [0.15, 0.2) is 0 Å². The van der Waals surface area contributed by atoms with Crippen LogP contribution in [0.1, 0.15) is 24.0 Å². The number of nitrogens with one attached hydrogen (secondary N) is 1. The summed E-state index contributed by atoms with van der Waals surface area (Å²) in [6, 6.07) is 15.9. The van der Waals surface area contributed by atoms with Gasteiger partial charge in [-0.1, -0.05) is 36.0 Å². The molecule has 3 heteroatoms. The van der Waals surface area contributed by atoms with Crippen molar-refractivity contribution >= 4 is 27.7 Å². The molecule has 3 rings (SSSR count). The van der Waals surface area contributed by atoms with Crippen LogP contribution < -0.4 is 5.32 Å². The summed E-state index contributed by atoms with van der Waals surface area (Å²) < 4.78 is 1.18. The quantitative estimate of drug-likeness (QED) is 0.801. The van der Waals surface area contributed by atoms with Gasteiger partial charge in [-0.05, 0) is 65.0 Å². The molecule has 0 atom stereocenters. The van der Waals surface area contributed by atoms with Crippen LogP contribution in [0.4, 0.5) is 0 Å². The number of rotatable bonds is 5. The molecule has 0 radical (unpaired) electrons. The maximum Gasteiger partial charge on any atom is 0.0318 e. The minimum Gasteiger partial charge on any atom is -0.310 e. The Morgan fingerprint density at radius 2 is 1.95 bits per heavy atom. The molecule has 1 aliphatic carbocycles. The molecule has 2 aromatic carbocycles. The fraction of sp³-hybridized carbons (Fsp3) is 0.294. The summed E-state index contributed by atoms with van der Waals surface area (Å²) >= 11 is 5.52. The molecule has 0 aliphatic heterocycles. The molecular weight excluding hydrogens is 330 g/mol. The van der Waals surface area contributed by atoms with Gasteiger partial charge in [0.2, 0.25) is 0 Å². The molecule has 20 heavy (non-hydrogen) atoms. The van der Waals surface area contributed by atoms with Crippen molar-refractivity contribution in [2.24, 2.45) is 0 Å². The third-order valence-corrected chi connectivity index (χ3v) is 5.65. The van der Waals surface area contributed by atoms with Crippen molar-refractivity contribution in [3.05, 3.63) is 58.1 Å². The van der Waals surface area contributed by atoms with Gasteiger partial charge in [0.1, 0.15) is 0 Å². The van der Waals surface area contributed by atoms with Crippen LogP contribution >= 0.6 is 27.7 Å². The van der Waals surface area contributed by atoms with Crippen LogP contribution in [0.2, 0.25) is 0 Å². The van der Waals surface area contributed by atoms with Gasteiger partial charge in [-0.15, -0.1) is 0 Å². The smallest absolute Gasteiger partial charge is 0.0318 e. The Morgan fingerprint density at radius 3 is 2.65 bits per heavy atom. The van der Waals surface area contributed by atoms with E-state index in [1.807, 2.05) is 11.8 Å². The SMILES string of the molecule is Cc1ccccc1Sc1ccc(CNC2CC2)cc1Br. The normalized spacial score (nSPS) is 14.5. The van der Waals surface area contributed by atoms with E-state index in [4.69, 9.17) is 0 Å². The minimum absolute atomic E-state index is 0.759. The van der Waals surface area contributed by atoms with Crippen LogP contribution in [0.3, 0.4) is 0 Å². The molecule has 2 aromatic rings. The number of benzene rings is 2. The monoisotopic (exact) mass is 347 g/mol. The maximum atomic E-state index is 3.70. The van der Waals surface area contributed by atoms with E-state index >= 15 is 0 Å². The van der Waals surface area contributed by atoms with Gasteiger partial charge in [-0.2, -0.15) is 0 Å². The van der Waals surface area contributed by atoms with E-state index in [1.165, 1.54) is 38.2 Å². The molecule has 104 valence electrons. The van der Waals surface area contributed by atoms with Crippen LogP contribution in [0.5, 0.6) is 0 Å². The van der Waals surface area contributed by atoms with E-state index in [9.17, 15) is 0 Å². The zero-order valence-corrected chi connectivity index (χ0v) is 13.9. The lowest BCUT2D eigenvalue weighted by Gasteiger charge is -2.09. The molecule has 0 saturated heterocycles. The van der Waals surface area contributed by atoms with Gasteiger partial charge in [-0.3, -0.25) is 0 Å². The second kappa shape index (κ2) is 6.33. The molecule has 1 aliphatic rings. The van der Waals surface area contributed by atoms with Crippen molar-refractivity contribution in [3.8, 4) is 0 Å². The number of hydrogen-bond donors (Lipinski definition) is 1. The van der Waals surface area contributed by atoms with Crippen LogP contribution in [0.15, 0.2) is 56.7 Å². The lowest BCUT2D eigenvalue weighted by atomic mass is 10.2. The molecule has 0 amide bonds. The van der Waals surface area contributed by atoms with Crippen molar-refractivity contribution in [1.82, 2.24) is 5.32 Å². The molecule has 0 aromatic heterocycles. The standard InChI is InChI=1S/C17H18BrNS/c1-12-4-2-3-5-16(12)20-17-9-6-13(10-15(17)18)11-19-14-7-8-14/h2-6,9-10,14,19H,7-8,11H2,1H3. The zero-order chi connectivity index (χ0) is 13.9. The average molecular weight is 348 g/mol. The van der Waals surface area contributed by atoms with Crippen LogP contribution in [0.25, 0.3) is 0 Å². The lowest BCUT2D eigenvalue weighted by molar-refractivity contribution is 0.687. The van der Waals surface area contributed by atoms with Gasteiger partial charge in [-0.25, -0.2) is 0 Å². The van der Waals surface area contributed by atoms with Crippen molar-refractivity contribution in [2.45, 2.75) is 42.1 Å². The van der Waals surface area contributed by atoms with Crippen LogP contribution in [-0.2, 0) is 6.54 Å². The van der Waals surface area contributed by atoms with E-state index < -0.39 is 0 Å². The van der Waals surface area contributed by atoms with E-state index in [-0.39, 0.29) is 0 Å². The van der Waals surface area contributed by atoms with Crippen molar-refractivity contribution in [3.63, 3.8) is 0 Å². The maximum absolute atomic E-state index is 3.70. The Balaban J connectivity index is 1.71. The molecule has 0 heterocycles. The third-order valence-electron chi connectivity index (χ3n) is 3.48. The van der Waals surface area contributed by atoms with E-state index in [2.05, 4.69) is 70.6 Å². The Hall–Kier alpha value is -0.770. The lowest BCUT2D eigenvalue weighted by Crippen LogP contribution is -2.15. The zero-order valence-electron chi connectivity index (χ0n) is 11.5. The second-order valence-corrected chi connectivity index (χ2v) is 7.23. The topological polar surface area (TPSA) is 12.0 Å². The number of halogens is 1. The van der Waals surface area contributed by atoms with E-state index in [0.29, 0.717) is 0 Å². The van der Waals surface area contributed by atoms with Gasteiger partial charge in [0, 0.05) is 26.9 Å². The number of hydrogen-bond acceptors (Lipinski definition) is 2. The summed E-state index contributed by atoms with van der Waals surface area (Å²) in [5, 5.41) is 3.55. The first-order chi connectivity index (χ1) is 9.72. The highest BCUT2D eigenvalue weighted by Crippen LogP contribution is 2.35. The summed E-state index contributed by atoms with van der Waals surface area (Å²) in [6.45, 7) is 3.13. The molecule has 1 N–H and O–H groups in total. The molecule has 0 bridgehead atoms. The van der Waals surface area contributed by atoms with Gasteiger partial charge < -0.3 is 5.32 Å². The molecule has 1 fully saturated rings. The van der Waals surface area contributed by atoms with Crippen molar-refractivity contribution < 1.29 is 0 Å². The first-order valence-electron chi connectivity index (χ1n) is 6.97. The summed E-state index contributed by atoms with van der Waals surface area (Å²) in [5.41, 5.74) is 2.67. The summed E-state index contributed by atoms with van der Waals surface area (Å²) in [5.74, 6) is 0. The molecule has 0 unspecified atom stereocenters. The molecule has 1 saturated carbocycles. The largest absolute Gasteiger partial charge is 0.310 e. The molecule has 1 nitrogen and oxygen atoms in total. The molecule has 0 spiro atoms. The highest BCUT2D eigenvalue weighted by atomic mass is 79.9. The van der Waals surface area contributed by atoms with Gasteiger partial charge >= 0.3 is 0 Å². The van der Waals surface area contributed by atoms with Gasteiger partial charge in [0.05, 0.1) is 0 Å². The summed E-state index contributed by atoms with van der Waals surface area (Å²) in [6.07, 6.45) is 2.67. The highest BCUT2D eigenvalue weighted by Gasteiger charge is 2.20. The third kappa shape index (κ3) is 3.66. The number of aryl methyl sites for hydroxylation is 1. The molecular formula is C17H18BrNS.